The van der Waals surface area contributed by atoms with Crippen molar-refractivity contribution in [3.8, 4) is 0 Å². The van der Waals surface area contributed by atoms with E-state index in [0.29, 0.717) is 5.56 Å². The van der Waals surface area contributed by atoms with Crippen LogP contribution in [0, 0.1) is 13.8 Å². The standard InChI is InChI=1S/C14H15F3N2O5S/c1-5-7(3)25-11(10(5)6(2)20)19-9(21)4-8(12(22)23)18-13(24)14(15,16)17/h8H,4H2,1-3H3,(H,18,24)(H,19,21)(H,22,23)/t8-/m0/s1. The average Bonchev–Trinajstić information content (AvgIpc) is 2.71. The fourth-order valence-electron chi connectivity index (χ4n) is 1.94. The van der Waals surface area contributed by atoms with Crippen LogP contribution in [0.2, 0.25) is 0 Å². The van der Waals surface area contributed by atoms with Crippen LogP contribution in [0.15, 0.2) is 0 Å². The summed E-state index contributed by atoms with van der Waals surface area (Å²) >= 11 is 1.08. The van der Waals surface area contributed by atoms with Crippen molar-refractivity contribution in [1.82, 2.24) is 5.32 Å². The monoisotopic (exact) mass is 380 g/mol. The SMILES string of the molecule is CC(=O)c1c(NC(=O)C[C@H](NC(=O)C(F)(F)F)C(=O)O)sc(C)c1C. The van der Waals surface area contributed by atoms with Crippen LogP contribution >= 0.6 is 11.3 Å². The number of aryl methyl sites for hydroxylation is 1. The molecule has 0 spiro atoms. The zero-order valence-corrected chi connectivity index (χ0v) is 14.2. The summed E-state index contributed by atoms with van der Waals surface area (Å²) in [5, 5.41) is 12.6. The molecule has 7 nitrogen and oxygen atoms in total. The van der Waals surface area contributed by atoms with Gasteiger partial charge in [0.1, 0.15) is 11.0 Å². The molecule has 0 unspecified atom stereocenters. The number of carboxylic acid groups (broad SMARTS) is 1. The quantitative estimate of drug-likeness (QED) is 0.654. The maximum atomic E-state index is 12.2. The summed E-state index contributed by atoms with van der Waals surface area (Å²) in [6, 6.07) is -2.06. The van der Waals surface area contributed by atoms with Crippen molar-refractivity contribution in [3.05, 3.63) is 16.0 Å². The molecular weight excluding hydrogens is 365 g/mol. The molecule has 138 valence electrons. The van der Waals surface area contributed by atoms with E-state index < -0.39 is 36.4 Å². The molecule has 1 aromatic heterocycles. The maximum absolute atomic E-state index is 12.2. The van der Waals surface area contributed by atoms with Crippen molar-refractivity contribution in [3.63, 3.8) is 0 Å². The van der Waals surface area contributed by atoms with Crippen LogP contribution in [0.4, 0.5) is 18.2 Å². The number of rotatable bonds is 6. The predicted molar refractivity (Wildman–Crippen MR) is 82.7 cm³/mol. The lowest BCUT2D eigenvalue weighted by Gasteiger charge is -2.15. The van der Waals surface area contributed by atoms with Gasteiger partial charge in [-0.05, 0) is 26.3 Å². The van der Waals surface area contributed by atoms with E-state index >= 15 is 0 Å². The Hall–Kier alpha value is -2.43. The summed E-state index contributed by atoms with van der Waals surface area (Å²) in [5.74, 6) is -5.52. The lowest BCUT2D eigenvalue weighted by molar-refractivity contribution is -0.175. The molecule has 0 saturated heterocycles. The summed E-state index contributed by atoms with van der Waals surface area (Å²) in [7, 11) is 0. The molecule has 3 N–H and O–H groups in total. The van der Waals surface area contributed by atoms with E-state index in [0.717, 1.165) is 16.2 Å². The number of hydrogen-bond acceptors (Lipinski definition) is 5. The smallest absolute Gasteiger partial charge is 0.471 e. The maximum Gasteiger partial charge on any atom is 0.471 e. The molecule has 0 aromatic carbocycles. The molecule has 0 fully saturated rings. The van der Waals surface area contributed by atoms with E-state index in [-0.39, 0.29) is 16.3 Å². The number of ketones is 1. The number of nitrogens with one attached hydrogen (secondary N) is 2. The van der Waals surface area contributed by atoms with E-state index in [2.05, 4.69) is 5.32 Å². The molecule has 0 saturated carbocycles. The second-order valence-electron chi connectivity index (χ2n) is 5.16. The van der Waals surface area contributed by atoms with Gasteiger partial charge in [-0.1, -0.05) is 0 Å². The second-order valence-corrected chi connectivity index (χ2v) is 6.38. The summed E-state index contributed by atoms with van der Waals surface area (Å²) in [5.41, 5.74) is 0.898. The predicted octanol–water partition coefficient (Wildman–Crippen LogP) is 2.03. The number of carbonyl (C=O) groups excluding carboxylic acids is 3. The highest BCUT2D eigenvalue weighted by molar-refractivity contribution is 7.16. The zero-order chi connectivity index (χ0) is 19.5. The highest BCUT2D eigenvalue weighted by atomic mass is 32.1. The lowest BCUT2D eigenvalue weighted by atomic mass is 10.1. The van der Waals surface area contributed by atoms with Crippen molar-refractivity contribution in [2.24, 2.45) is 0 Å². The number of halogens is 3. The molecule has 1 aromatic rings. The van der Waals surface area contributed by atoms with Crippen molar-refractivity contribution in [1.29, 1.82) is 0 Å². The number of alkyl halides is 3. The van der Waals surface area contributed by atoms with Gasteiger partial charge in [-0.2, -0.15) is 13.2 Å². The Bertz CT molecular complexity index is 727. The fourth-order valence-corrected chi connectivity index (χ4v) is 3.07. The van der Waals surface area contributed by atoms with Crippen LogP contribution < -0.4 is 10.6 Å². The number of anilines is 1. The van der Waals surface area contributed by atoms with Crippen LogP contribution in [-0.2, 0) is 14.4 Å². The van der Waals surface area contributed by atoms with Crippen molar-refractivity contribution < 1.29 is 37.5 Å². The highest BCUT2D eigenvalue weighted by Gasteiger charge is 2.41. The molecule has 11 heteroatoms. The lowest BCUT2D eigenvalue weighted by Crippen LogP contribution is -2.48. The number of carboxylic acids is 1. The van der Waals surface area contributed by atoms with E-state index in [4.69, 9.17) is 5.11 Å². The van der Waals surface area contributed by atoms with Crippen LogP contribution in [0.5, 0.6) is 0 Å². The first-order valence-corrected chi connectivity index (χ1v) is 7.67. The normalized spacial score (nSPS) is 12.4. The number of hydrogen-bond donors (Lipinski definition) is 3. The minimum Gasteiger partial charge on any atom is -0.480 e. The minimum atomic E-state index is -5.27. The second kappa shape index (κ2) is 7.64. The molecule has 0 aliphatic carbocycles. The molecule has 1 atom stereocenters. The number of Topliss-reactive ketones (excluding diaryl/α,β-unsaturated/α-hetero) is 1. The van der Waals surface area contributed by atoms with Gasteiger partial charge in [0.05, 0.1) is 12.0 Å². The third-order valence-corrected chi connectivity index (χ3v) is 4.36. The van der Waals surface area contributed by atoms with E-state index in [9.17, 15) is 32.3 Å². The summed E-state index contributed by atoms with van der Waals surface area (Å²) in [6.45, 7) is 4.67. The van der Waals surface area contributed by atoms with Gasteiger partial charge in [0.25, 0.3) is 0 Å². The first-order chi connectivity index (χ1) is 11.3. The average molecular weight is 380 g/mol. The number of carbonyl (C=O) groups is 4. The van der Waals surface area contributed by atoms with Gasteiger partial charge in [0, 0.05) is 4.88 Å². The number of aliphatic carboxylic acids is 1. The Kier molecular flexibility index (Phi) is 6.30. The number of thiophene rings is 1. The zero-order valence-electron chi connectivity index (χ0n) is 13.4. The van der Waals surface area contributed by atoms with Gasteiger partial charge in [0.15, 0.2) is 5.78 Å². The first-order valence-electron chi connectivity index (χ1n) is 6.85. The van der Waals surface area contributed by atoms with Gasteiger partial charge >= 0.3 is 18.1 Å². The Morgan fingerprint density at radius 1 is 1.20 bits per heavy atom. The van der Waals surface area contributed by atoms with Gasteiger partial charge < -0.3 is 15.7 Å². The van der Waals surface area contributed by atoms with Gasteiger partial charge in [-0.3, -0.25) is 14.4 Å². The number of amides is 2. The first kappa shape index (κ1) is 20.6. The van der Waals surface area contributed by atoms with Crippen LogP contribution in [0.1, 0.15) is 34.1 Å². The summed E-state index contributed by atoms with van der Waals surface area (Å²) < 4.78 is 36.6. The topological polar surface area (TPSA) is 113 Å². The van der Waals surface area contributed by atoms with Gasteiger partial charge in [-0.15, -0.1) is 11.3 Å². The van der Waals surface area contributed by atoms with Crippen LogP contribution in [-0.4, -0.2) is 40.9 Å². The molecular formula is C14H15F3N2O5S. The van der Waals surface area contributed by atoms with Gasteiger partial charge in [0.2, 0.25) is 5.91 Å². The van der Waals surface area contributed by atoms with E-state index in [1.807, 2.05) is 0 Å². The fraction of sp³-hybridized carbons (Fsp3) is 0.429. The Labute approximate surface area is 144 Å². The van der Waals surface area contributed by atoms with Crippen molar-refractivity contribution >= 4 is 39.9 Å². The van der Waals surface area contributed by atoms with E-state index in [1.54, 1.807) is 13.8 Å². The molecule has 0 aliphatic heterocycles. The molecule has 0 bridgehead atoms. The molecule has 0 aliphatic rings. The third kappa shape index (κ3) is 5.28. The largest absolute Gasteiger partial charge is 0.480 e. The minimum absolute atomic E-state index is 0.179. The van der Waals surface area contributed by atoms with Crippen LogP contribution in [0.3, 0.4) is 0 Å². The van der Waals surface area contributed by atoms with Crippen LogP contribution in [0.25, 0.3) is 0 Å². The molecule has 25 heavy (non-hydrogen) atoms. The Morgan fingerprint density at radius 2 is 1.76 bits per heavy atom. The summed E-state index contributed by atoms with van der Waals surface area (Å²) in [6.07, 6.45) is -6.20. The summed E-state index contributed by atoms with van der Waals surface area (Å²) in [4.78, 5) is 46.1. The van der Waals surface area contributed by atoms with Crippen molar-refractivity contribution in [2.45, 2.75) is 39.4 Å². The highest BCUT2D eigenvalue weighted by Crippen LogP contribution is 2.32. The van der Waals surface area contributed by atoms with Gasteiger partial charge in [-0.25, -0.2) is 4.79 Å². The molecule has 2 amide bonds. The Balaban J connectivity index is 2.90. The molecule has 0 radical (unpaired) electrons. The van der Waals surface area contributed by atoms with E-state index in [1.165, 1.54) is 12.2 Å². The third-order valence-electron chi connectivity index (χ3n) is 3.24. The molecule has 1 heterocycles. The molecule has 1 rings (SSSR count). The Morgan fingerprint density at radius 3 is 2.20 bits per heavy atom. The van der Waals surface area contributed by atoms with Crippen molar-refractivity contribution in [2.75, 3.05) is 5.32 Å².